The van der Waals surface area contributed by atoms with E-state index in [2.05, 4.69) is 72.8 Å². The van der Waals surface area contributed by atoms with E-state index in [-0.39, 0.29) is 10.8 Å². The molecule has 0 bridgehead atoms. The monoisotopic (exact) mass is 399 g/mol. The lowest BCUT2D eigenvalue weighted by Gasteiger charge is -2.42. The van der Waals surface area contributed by atoms with E-state index in [1.54, 1.807) is 11.1 Å². The minimum Gasteiger partial charge on any atom is -0.299 e. The summed E-state index contributed by atoms with van der Waals surface area (Å²) in [5, 5.41) is 2.85. The summed E-state index contributed by atoms with van der Waals surface area (Å²) < 4.78 is 1.21. The van der Waals surface area contributed by atoms with Crippen molar-refractivity contribution in [3.05, 3.63) is 45.4 Å². The normalized spacial score (nSPS) is 22.3. The fourth-order valence-corrected chi connectivity index (χ4v) is 5.30. The Hall–Kier alpha value is -0.860. The molecule has 0 amide bonds. The molecule has 4 rings (SSSR count). The summed E-state index contributed by atoms with van der Waals surface area (Å²) in [6, 6.07) is 9.67. The van der Waals surface area contributed by atoms with Crippen LogP contribution in [0, 0.1) is 0 Å². The molecular formula is C23H30BrN. The largest absolute Gasteiger partial charge is 0.299 e. The Kier molecular flexibility index (Phi) is 4.28. The summed E-state index contributed by atoms with van der Waals surface area (Å²) in [5.41, 5.74) is 5.16. The molecule has 1 fully saturated rings. The SMILES string of the molecule is CC1(C)CCC(C)(C)c2cc3c(CN4CCCC4)cc(Br)cc3cc21. The van der Waals surface area contributed by atoms with Crippen molar-refractivity contribution >= 4 is 26.7 Å². The van der Waals surface area contributed by atoms with Crippen LogP contribution in [0.4, 0.5) is 0 Å². The molecule has 0 aromatic heterocycles. The molecular weight excluding hydrogens is 370 g/mol. The van der Waals surface area contributed by atoms with E-state index in [9.17, 15) is 0 Å². The first-order valence-corrected chi connectivity index (χ1v) is 10.6. The standard InChI is InChI=1S/C23H30BrN/c1-22(2)7-8-23(3,4)21-14-19-16(13-20(21)22)11-18(24)12-17(19)15-25-9-5-6-10-25/h11-14H,5-10,15H2,1-4H3. The van der Waals surface area contributed by atoms with Gasteiger partial charge in [0, 0.05) is 11.0 Å². The Morgan fingerprint density at radius 3 is 2.12 bits per heavy atom. The molecule has 134 valence electrons. The smallest absolute Gasteiger partial charge is 0.0240 e. The van der Waals surface area contributed by atoms with E-state index in [4.69, 9.17) is 0 Å². The first-order valence-electron chi connectivity index (χ1n) is 9.76. The fourth-order valence-electron chi connectivity index (χ4n) is 4.78. The molecule has 0 radical (unpaired) electrons. The molecule has 0 atom stereocenters. The molecule has 2 aromatic rings. The maximum Gasteiger partial charge on any atom is 0.0240 e. The summed E-state index contributed by atoms with van der Waals surface area (Å²) in [6.07, 6.45) is 5.24. The molecule has 1 heterocycles. The zero-order valence-electron chi connectivity index (χ0n) is 16.1. The Balaban J connectivity index is 1.90. The highest BCUT2D eigenvalue weighted by Crippen LogP contribution is 2.47. The average molecular weight is 400 g/mol. The lowest BCUT2D eigenvalue weighted by atomic mass is 9.62. The lowest BCUT2D eigenvalue weighted by Crippen LogP contribution is -2.33. The first kappa shape index (κ1) is 17.5. The van der Waals surface area contributed by atoms with Crippen LogP contribution in [-0.4, -0.2) is 18.0 Å². The molecule has 1 aliphatic carbocycles. The summed E-state index contributed by atoms with van der Waals surface area (Å²) in [6.45, 7) is 13.2. The second-order valence-corrected chi connectivity index (χ2v) is 10.4. The Bertz CT molecular complexity index is 812. The van der Waals surface area contributed by atoms with Gasteiger partial charge in [0.05, 0.1) is 0 Å². The van der Waals surface area contributed by atoms with Gasteiger partial charge in [0.25, 0.3) is 0 Å². The van der Waals surface area contributed by atoms with Crippen molar-refractivity contribution < 1.29 is 0 Å². The molecule has 25 heavy (non-hydrogen) atoms. The van der Waals surface area contributed by atoms with Crippen LogP contribution >= 0.6 is 15.9 Å². The van der Waals surface area contributed by atoms with Crippen LogP contribution in [0.5, 0.6) is 0 Å². The summed E-state index contributed by atoms with van der Waals surface area (Å²) >= 11 is 3.76. The van der Waals surface area contributed by atoms with Gasteiger partial charge in [0.15, 0.2) is 0 Å². The van der Waals surface area contributed by atoms with Gasteiger partial charge in [-0.15, -0.1) is 0 Å². The zero-order chi connectivity index (χ0) is 17.8. The van der Waals surface area contributed by atoms with Crippen molar-refractivity contribution in [3.8, 4) is 0 Å². The van der Waals surface area contributed by atoms with Gasteiger partial charge in [0.1, 0.15) is 0 Å². The van der Waals surface area contributed by atoms with Crippen molar-refractivity contribution in [1.29, 1.82) is 0 Å². The van der Waals surface area contributed by atoms with Crippen LogP contribution in [0.25, 0.3) is 10.8 Å². The zero-order valence-corrected chi connectivity index (χ0v) is 17.7. The van der Waals surface area contributed by atoms with E-state index in [0.717, 1.165) is 6.54 Å². The Labute approximate surface area is 160 Å². The number of fused-ring (bicyclic) bond motifs is 2. The van der Waals surface area contributed by atoms with Crippen LogP contribution in [-0.2, 0) is 17.4 Å². The average Bonchev–Trinajstić information content (AvgIpc) is 3.04. The van der Waals surface area contributed by atoms with Gasteiger partial charge in [0.2, 0.25) is 0 Å². The summed E-state index contributed by atoms with van der Waals surface area (Å²) in [5.74, 6) is 0. The van der Waals surface area contributed by atoms with Crippen molar-refractivity contribution in [1.82, 2.24) is 4.90 Å². The molecule has 2 aromatic carbocycles. The molecule has 0 unspecified atom stereocenters. The maximum atomic E-state index is 3.76. The molecule has 0 saturated carbocycles. The second kappa shape index (κ2) is 6.09. The van der Waals surface area contributed by atoms with Crippen molar-refractivity contribution in [2.24, 2.45) is 0 Å². The molecule has 1 nitrogen and oxygen atoms in total. The predicted octanol–water partition coefficient (Wildman–Crippen LogP) is 6.55. The third-order valence-corrected chi connectivity index (χ3v) is 7.02. The minimum absolute atomic E-state index is 0.274. The molecule has 0 spiro atoms. The quantitative estimate of drug-likeness (QED) is 0.553. The van der Waals surface area contributed by atoms with Crippen LogP contribution in [0.15, 0.2) is 28.7 Å². The van der Waals surface area contributed by atoms with E-state index in [1.807, 2.05) is 0 Å². The van der Waals surface area contributed by atoms with E-state index >= 15 is 0 Å². The topological polar surface area (TPSA) is 3.24 Å². The summed E-state index contributed by atoms with van der Waals surface area (Å²) in [4.78, 5) is 2.61. The maximum absolute atomic E-state index is 3.76. The number of likely N-dealkylation sites (tertiary alicyclic amines) is 1. The van der Waals surface area contributed by atoms with Gasteiger partial charge in [-0.3, -0.25) is 4.90 Å². The van der Waals surface area contributed by atoms with E-state index < -0.39 is 0 Å². The van der Waals surface area contributed by atoms with Gasteiger partial charge in [-0.25, -0.2) is 0 Å². The van der Waals surface area contributed by atoms with E-state index in [0.29, 0.717) is 0 Å². The molecule has 2 heteroatoms. The van der Waals surface area contributed by atoms with Crippen molar-refractivity contribution in [3.63, 3.8) is 0 Å². The Morgan fingerprint density at radius 1 is 0.880 bits per heavy atom. The third kappa shape index (κ3) is 3.17. The number of nitrogens with zero attached hydrogens (tertiary/aromatic N) is 1. The number of hydrogen-bond acceptors (Lipinski definition) is 1. The molecule has 1 aliphatic heterocycles. The molecule has 0 N–H and O–H groups in total. The van der Waals surface area contributed by atoms with E-state index in [1.165, 1.54) is 59.6 Å². The fraction of sp³-hybridized carbons (Fsp3) is 0.565. The van der Waals surface area contributed by atoms with Gasteiger partial charge in [-0.1, -0.05) is 49.7 Å². The van der Waals surface area contributed by atoms with Crippen LogP contribution < -0.4 is 0 Å². The highest BCUT2D eigenvalue weighted by molar-refractivity contribution is 9.10. The highest BCUT2D eigenvalue weighted by atomic mass is 79.9. The van der Waals surface area contributed by atoms with Crippen LogP contribution in [0.2, 0.25) is 0 Å². The van der Waals surface area contributed by atoms with Crippen LogP contribution in [0.3, 0.4) is 0 Å². The highest BCUT2D eigenvalue weighted by Gasteiger charge is 2.37. The Morgan fingerprint density at radius 2 is 1.48 bits per heavy atom. The van der Waals surface area contributed by atoms with Gasteiger partial charge in [-0.05, 0) is 95.3 Å². The third-order valence-electron chi connectivity index (χ3n) is 6.57. The van der Waals surface area contributed by atoms with Gasteiger partial charge >= 0.3 is 0 Å². The molecule has 2 aliphatic rings. The summed E-state index contributed by atoms with van der Waals surface area (Å²) in [7, 11) is 0. The lowest BCUT2D eigenvalue weighted by molar-refractivity contribution is 0.330. The first-order chi connectivity index (χ1) is 11.8. The number of benzene rings is 2. The molecule has 1 saturated heterocycles. The number of halogens is 1. The second-order valence-electron chi connectivity index (χ2n) is 9.43. The van der Waals surface area contributed by atoms with Crippen molar-refractivity contribution in [2.45, 2.75) is 70.8 Å². The van der Waals surface area contributed by atoms with Gasteiger partial charge < -0.3 is 0 Å². The number of rotatable bonds is 2. The van der Waals surface area contributed by atoms with Crippen LogP contribution in [0.1, 0.15) is 70.1 Å². The van der Waals surface area contributed by atoms with Gasteiger partial charge in [-0.2, -0.15) is 0 Å². The van der Waals surface area contributed by atoms with Crippen molar-refractivity contribution in [2.75, 3.05) is 13.1 Å². The minimum atomic E-state index is 0.274. The number of hydrogen-bond donors (Lipinski definition) is 0. The predicted molar refractivity (Wildman–Crippen MR) is 111 cm³/mol.